The number of piperidine rings is 1. The van der Waals surface area contributed by atoms with Crippen molar-refractivity contribution in [2.24, 2.45) is 5.92 Å². The van der Waals surface area contributed by atoms with Gasteiger partial charge in [0.25, 0.3) is 5.91 Å². The summed E-state index contributed by atoms with van der Waals surface area (Å²) in [5, 5.41) is 3.53. The van der Waals surface area contributed by atoms with Gasteiger partial charge in [0.2, 0.25) is 5.91 Å². The lowest BCUT2D eigenvalue weighted by Gasteiger charge is -2.33. The molecular weight excluding hydrogens is 407 g/mol. The maximum absolute atomic E-state index is 13.9. The molecule has 0 saturated carbocycles. The average Bonchev–Trinajstić information content (AvgIpc) is 2.76. The zero-order valence-electron chi connectivity index (χ0n) is 17.0. The van der Waals surface area contributed by atoms with Crippen molar-refractivity contribution in [2.45, 2.75) is 32.2 Å². The maximum Gasteiger partial charge on any atom is 0.253 e. The number of carbonyl (C=O) groups is 2. The summed E-state index contributed by atoms with van der Waals surface area (Å²) in [5.41, 5.74) is 1.19. The van der Waals surface area contributed by atoms with Gasteiger partial charge in [-0.25, -0.2) is 4.39 Å². The van der Waals surface area contributed by atoms with E-state index in [0.29, 0.717) is 43.1 Å². The zero-order valence-corrected chi connectivity index (χ0v) is 17.8. The molecule has 1 heterocycles. The second-order valence-corrected chi connectivity index (χ2v) is 7.92. The molecule has 0 aliphatic carbocycles. The summed E-state index contributed by atoms with van der Waals surface area (Å²) in [4.78, 5) is 26.7. The first-order chi connectivity index (χ1) is 14.5. The Balaban J connectivity index is 1.48. The third-order valence-corrected chi connectivity index (χ3v) is 5.79. The van der Waals surface area contributed by atoms with E-state index in [1.807, 2.05) is 18.2 Å². The van der Waals surface area contributed by atoms with E-state index in [1.165, 1.54) is 19.2 Å². The molecule has 2 amide bonds. The number of methoxy groups -OCH3 is 1. The van der Waals surface area contributed by atoms with Gasteiger partial charge in [-0.15, -0.1) is 0 Å². The molecule has 1 saturated heterocycles. The SMILES string of the molecule is COc1ccc(C(=O)N2CCC[C@H](CCC(=O)NCc3ccccc3Cl)C2)cc1F. The Morgan fingerprint density at radius 3 is 2.80 bits per heavy atom. The predicted molar refractivity (Wildman–Crippen MR) is 114 cm³/mol. The Labute approximate surface area is 181 Å². The molecule has 1 aliphatic heterocycles. The van der Waals surface area contributed by atoms with Gasteiger partial charge in [-0.1, -0.05) is 29.8 Å². The molecule has 30 heavy (non-hydrogen) atoms. The van der Waals surface area contributed by atoms with Crippen LogP contribution in [0.3, 0.4) is 0 Å². The number of ether oxygens (including phenoxy) is 1. The van der Waals surface area contributed by atoms with Gasteiger partial charge in [0.15, 0.2) is 11.6 Å². The van der Waals surface area contributed by atoms with E-state index in [1.54, 1.807) is 17.0 Å². The van der Waals surface area contributed by atoms with Gasteiger partial charge in [-0.2, -0.15) is 0 Å². The van der Waals surface area contributed by atoms with Gasteiger partial charge in [-0.3, -0.25) is 9.59 Å². The third-order valence-electron chi connectivity index (χ3n) is 5.42. The number of halogens is 2. The van der Waals surface area contributed by atoms with Crippen LogP contribution in [0.15, 0.2) is 42.5 Å². The summed E-state index contributed by atoms with van der Waals surface area (Å²) in [5.74, 6) is -0.408. The Kier molecular flexibility index (Phi) is 7.69. The van der Waals surface area contributed by atoms with E-state index in [0.717, 1.165) is 18.4 Å². The molecule has 0 bridgehead atoms. The van der Waals surface area contributed by atoms with Gasteiger partial charge in [0, 0.05) is 36.6 Å². The quantitative estimate of drug-likeness (QED) is 0.703. The summed E-state index contributed by atoms with van der Waals surface area (Å²) >= 11 is 6.11. The van der Waals surface area contributed by atoms with Crippen molar-refractivity contribution >= 4 is 23.4 Å². The second kappa shape index (κ2) is 10.4. The van der Waals surface area contributed by atoms with Gasteiger partial charge in [0.05, 0.1) is 7.11 Å². The van der Waals surface area contributed by atoms with Crippen molar-refractivity contribution in [3.05, 3.63) is 64.4 Å². The molecule has 3 rings (SSSR count). The molecule has 0 unspecified atom stereocenters. The van der Waals surface area contributed by atoms with Crippen molar-refractivity contribution < 1.29 is 18.7 Å². The van der Waals surface area contributed by atoms with E-state index >= 15 is 0 Å². The summed E-state index contributed by atoms with van der Waals surface area (Å²) in [6.07, 6.45) is 2.94. The molecule has 1 aliphatic rings. The first-order valence-corrected chi connectivity index (χ1v) is 10.5. The van der Waals surface area contributed by atoms with Crippen LogP contribution in [0.2, 0.25) is 5.02 Å². The van der Waals surface area contributed by atoms with Crippen molar-refractivity contribution in [3.8, 4) is 5.75 Å². The molecule has 0 aromatic heterocycles. The van der Waals surface area contributed by atoms with Crippen LogP contribution in [0.5, 0.6) is 5.75 Å². The number of carbonyl (C=O) groups excluding carboxylic acids is 2. The molecule has 1 N–H and O–H groups in total. The van der Waals surface area contributed by atoms with Crippen LogP contribution in [0.25, 0.3) is 0 Å². The van der Waals surface area contributed by atoms with Gasteiger partial charge >= 0.3 is 0 Å². The van der Waals surface area contributed by atoms with Crippen LogP contribution < -0.4 is 10.1 Å². The normalized spacial score (nSPS) is 16.2. The van der Waals surface area contributed by atoms with Crippen LogP contribution in [0.1, 0.15) is 41.6 Å². The molecule has 0 radical (unpaired) electrons. The van der Waals surface area contributed by atoms with Gasteiger partial charge < -0.3 is 15.0 Å². The topological polar surface area (TPSA) is 58.6 Å². The molecule has 1 fully saturated rings. The van der Waals surface area contributed by atoms with E-state index in [4.69, 9.17) is 16.3 Å². The fraction of sp³-hybridized carbons (Fsp3) is 0.391. The fourth-order valence-corrected chi connectivity index (χ4v) is 3.93. The Bertz CT molecular complexity index is 906. The lowest BCUT2D eigenvalue weighted by molar-refractivity contribution is -0.121. The fourth-order valence-electron chi connectivity index (χ4n) is 3.73. The highest BCUT2D eigenvalue weighted by Gasteiger charge is 2.25. The van der Waals surface area contributed by atoms with Gasteiger partial charge in [-0.05, 0) is 55.0 Å². The van der Waals surface area contributed by atoms with Crippen molar-refractivity contribution in [3.63, 3.8) is 0 Å². The maximum atomic E-state index is 13.9. The molecule has 5 nitrogen and oxygen atoms in total. The number of hydrogen-bond donors (Lipinski definition) is 1. The Morgan fingerprint density at radius 1 is 1.27 bits per heavy atom. The summed E-state index contributed by atoms with van der Waals surface area (Å²) in [7, 11) is 1.39. The number of nitrogens with one attached hydrogen (secondary N) is 1. The molecular formula is C23H26ClFN2O3. The van der Waals surface area contributed by atoms with Crippen molar-refractivity contribution in [1.29, 1.82) is 0 Å². The smallest absolute Gasteiger partial charge is 0.253 e. The monoisotopic (exact) mass is 432 g/mol. The molecule has 2 aromatic rings. The van der Waals surface area contributed by atoms with E-state index in [-0.39, 0.29) is 23.5 Å². The van der Waals surface area contributed by atoms with Crippen LogP contribution >= 0.6 is 11.6 Å². The summed E-state index contributed by atoms with van der Waals surface area (Å²) in [6.45, 7) is 1.61. The number of benzene rings is 2. The van der Waals surface area contributed by atoms with Crippen molar-refractivity contribution in [1.82, 2.24) is 10.2 Å². The molecule has 160 valence electrons. The highest BCUT2D eigenvalue weighted by molar-refractivity contribution is 6.31. The molecule has 7 heteroatoms. The highest BCUT2D eigenvalue weighted by atomic mass is 35.5. The molecule has 1 atom stereocenters. The number of rotatable bonds is 7. The molecule has 2 aromatic carbocycles. The standard InChI is InChI=1S/C23H26ClFN2O3/c1-30-21-10-9-17(13-20(21)25)23(29)27-12-4-5-16(15-27)8-11-22(28)26-14-18-6-2-3-7-19(18)24/h2-3,6-7,9-10,13,16H,4-5,8,11-12,14-15H2,1H3,(H,26,28)/t16-/m1/s1. The van der Waals surface area contributed by atoms with E-state index in [2.05, 4.69) is 5.32 Å². The van der Waals surface area contributed by atoms with Crippen LogP contribution in [0.4, 0.5) is 4.39 Å². The Hall–Kier alpha value is -2.60. The minimum Gasteiger partial charge on any atom is -0.494 e. The van der Waals surface area contributed by atoms with Gasteiger partial charge in [0.1, 0.15) is 0 Å². The van der Waals surface area contributed by atoms with Crippen molar-refractivity contribution in [2.75, 3.05) is 20.2 Å². The first kappa shape index (κ1) is 22.1. The second-order valence-electron chi connectivity index (χ2n) is 7.52. The Morgan fingerprint density at radius 2 is 2.07 bits per heavy atom. The lowest BCUT2D eigenvalue weighted by atomic mass is 9.92. The number of likely N-dealkylation sites (tertiary alicyclic amines) is 1. The van der Waals surface area contributed by atoms with Crippen LogP contribution in [-0.4, -0.2) is 36.9 Å². The summed E-state index contributed by atoms with van der Waals surface area (Å²) < 4.78 is 18.8. The van der Waals surface area contributed by atoms with E-state index < -0.39 is 5.82 Å². The number of amides is 2. The minimum absolute atomic E-state index is 0.0319. The number of hydrogen-bond acceptors (Lipinski definition) is 3. The molecule has 0 spiro atoms. The first-order valence-electron chi connectivity index (χ1n) is 10.1. The predicted octanol–water partition coefficient (Wildman–Crippen LogP) is 4.44. The van der Waals surface area contributed by atoms with E-state index in [9.17, 15) is 14.0 Å². The van der Waals surface area contributed by atoms with Crippen LogP contribution in [0, 0.1) is 11.7 Å². The average molecular weight is 433 g/mol. The lowest BCUT2D eigenvalue weighted by Crippen LogP contribution is -2.40. The van der Waals surface area contributed by atoms with Crippen LogP contribution in [-0.2, 0) is 11.3 Å². The summed E-state index contributed by atoms with van der Waals surface area (Å²) in [6, 6.07) is 11.7. The number of nitrogens with zero attached hydrogens (tertiary/aromatic N) is 1. The minimum atomic E-state index is -0.549. The third kappa shape index (κ3) is 5.72. The zero-order chi connectivity index (χ0) is 21.5. The highest BCUT2D eigenvalue weighted by Crippen LogP contribution is 2.24. The largest absolute Gasteiger partial charge is 0.494 e.